The summed E-state index contributed by atoms with van der Waals surface area (Å²) in [7, 11) is 1.64. The second-order valence-electron chi connectivity index (χ2n) is 2.39. The zero-order chi connectivity index (χ0) is 7.72. The van der Waals surface area contributed by atoms with Gasteiger partial charge in [0.05, 0.1) is 5.92 Å². The largest absolute Gasteiger partial charge is 0.321 e. The smallest absolute Gasteiger partial charge is 0.236 e. The third-order valence-corrected chi connectivity index (χ3v) is 1.61. The molecule has 0 aromatic rings. The van der Waals surface area contributed by atoms with Crippen molar-refractivity contribution in [2.75, 3.05) is 7.05 Å². The summed E-state index contributed by atoms with van der Waals surface area (Å²) in [5.41, 5.74) is 0. The maximum atomic E-state index is 11.0. The minimum atomic E-state index is -0.491. The molecule has 1 heterocycles. The summed E-state index contributed by atoms with van der Waals surface area (Å²) in [5.74, 6) is -0.731. The number of nitrogens with zero attached hydrogens (tertiary/aromatic N) is 1. The fraction of sp³-hybridized carbons (Fsp3) is 0.429. The lowest BCUT2D eigenvalue weighted by molar-refractivity contribution is -0.137. The topological polar surface area (TPSA) is 37.4 Å². The van der Waals surface area contributed by atoms with Gasteiger partial charge in [-0.05, 0) is 13.0 Å². The summed E-state index contributed by atoms with van der Waals surface area (Å²) >= 11 is 0. The van der Waals surface area contributed by atoms with E-state index in [0.717, 1.165) is 0 Å². The summed E-state index contributed by atoms with van der Waals surface area (Å²) in [6.45, 7) is 1.62. The van der Waals surface area contributed by atoms with Gasteiger partial charge in [0, 0.05) is 13.2 Å². The van der Waals surface area contributed by atoms with E-state index in [9.17, 15) is 9.59 Å². The van der Waals surface area contributed by atoms with Crippen LogP contribution in [0.15, 0.2) is 12.3 Å². The number of hydrogen-bond acceptors (Lipinski definition) is 2. The van der Waals surface area contributed by atoms with E-state index in [1.165, 1.54) is 17.2 Å². The number of allylic oxidation sites excluding steroid dienone is 1. The van der Waals surface area contributed by atoms with Crippen LogP contribution in [0.3, 0.4) is 0 Å². The van der Waals surface area contributed by atoms with Crippen LogP contribution >= 0.6 is 0 Å². The van der Waals surface area contributed by atoms with Crippen LogP contribution in [0, 0.1) is 5.92 Å². The maximum absolute atomic E-state index is 11.0. The molecule has 0 fully saturated rings. The van der Waals surface area contributed by atoms with E-state index in [0.29, 0.717) is 0 Å². The van der Waals surface area contributed by atoms with Gasteiger partial charge in [-0.3, -0.25) is 9.59 Å². The van der Waals surface area contributed by atoms with Crippen LogP contribution in [0.25, 0.3) is 0 Å². The summed E-state index contributed by atoms with van der Waals surface area (Å²) in [6, 6.07) is 0. The van der Waals surface area contributed by atoms with Crippen LogP contribution in [0.4, 0.5) is 0 Å². The molecule has 0 unspecified atom stereocenters. The van der Waals surface area contributed by atoms with E-state index >= 15 is 0 Å². The minimum Gasteiger partial charge on any atom is -0.321 e. The molecule has 1 aliphatic heterocycles. The zero-order valence-electron chi connectivity index (χ0n) is 6.00. The lowest BCUT2D eigenvalue weighted by Gasteiger charge is -2.19. The molecule has 54 valence electrons. The molecule has 0 bridgehead atoms. The third-order valence-electron chi connectivity index (χ3n) is 1.61. The van der Waals surface area contributed by atoms with Gasteiger partial charge in [0.25, 0.3) is 0 Å². The molecule has 1 amide bonds. The Morgan fingerprint density at radius 1 is 1.50 bits per heavy atom. The molecule has 1 aliphatic rings. The van der Waals surface area contributed by atoms with Crippen LogP contribution in [0.2, 0.25) is 0 Å². The highest BCUT2D eigenvalue weighted by Crippen LogP contribution is 2.08. The van der Waals surface area contributed by atoms with Crippen LogP contribution in [-0.4, -0.2) is 23.6 Å². The Kier molecular flexibility index (Phi) is 1.57. The van der Waals surface area contributed by atoms with Crippen molar-refractivity contribution in [2.45, 2.75) is 6.92 Å². The minimum absolute atomic E-state index is 0.108. The van der Waals surface area contributed by atoms with Gasteiger partial charge in [0.15, 0.2) is 5.78 Å². The molecule has 0 aromatic carbocycles. The second kappa shape index (κ2) is 2.25. The average molecular weight is 139 g/mol. The zero-order valence-corrected chi connectivity index (χ0v) is 6.00. The van der Waals surface area contributed by atoms with Crippen molar-refractivity contribution in [2.24, 2.45) is 5.92 Å². The summed E-state index contributed by atoms with van der Waals surface area (Å²) < 4.78 is 0. The SMILES string of the molecule is C[C@H]1C(=O)C=CN(C)C1=O. The first kappa shape index (κ1) is 6.99. The average Bonchev–Trinajstić information content (AvgIpc) is 1.93. The third kappa shape index (κ3) is 0.943. The summed E-state index contributed by atoms with van der Waals surface area (Å²) in [5, 5.41) is 0. The monoisotopic (exact) mass is 139 g/mol. The Labute approximate surface area is 59.3 Å². The molecule has 0 radical (unpaired) electrons. The molecule has 0 saturated carbocycles. The van der Waals surface area contributed by atoms with Crippen molar-refractivity contribution in [3.63, 3.8) is 0 Å². The fourth-order valence-electron chi connectivity index (χ4n) is 0.830. The number of carbonyl (C=O) groups is 2. The molecular formula is C7H9NO2. The molecule has 10 heavy (non-hydrogen) atoms. The van der Waals surface area contributed by atoms with Crippen molar-refractivity contribution in [3.05, 3.63) is 12.3 Å². The van der Waals surface area contributed by atoms with Gasteiger partial charge in [0.1, 0.15) is 0 Å². The molecule has 3 nitrogen and oxygen atoms in total. The first-order valence-electron chi connectivity index (χ1n) is 3.11. The Hall–Kier alpha value is -1.12. The van der Waals surface area contributed by atoms with Gasteiger partial charge < -0.3 is 4.90 Å². The van der Waals surface area contributed by atoms with Crippen molar-refractivity contribution < 1.29 is 9.59 Å². The Morgan fingerprint density at radius 2 is 2.10 bits per heavy atom. The highest BCUT2D eigenvalue weighted by molar-refractivity contribution is 6.08. The van der Waals surface area contributed by atoms with E-state index in [1.807, 2.05) is 0 Å². The first-order chi connectivity index (χ1) is 4.63. The molecule has 0 spiro atoms. The Morgan fingerprint density at radius 3 is 2.60 bits per heavy atom. The Bertz CT molecular complexity index is 208. The van der Waals surface area contributed by atoms with Crippen LogP contribution in [0.5, 0.6) is 0 Å². The molecule has 1 atom stereocenters. The summed E-state index contributed by atoms with van der Waals surface area (Å²) in [6.07, 6.45) is 2.91. The van der Waals surface area contributed by atoms with E-state index in [2.05, 4.69) is 0 Å². The quantitative estimate of drug-likeness (QED) is 0.449. The lowest BCUT2D eigenvalue weighted by atomic mass is 10.0. The van der Waals surface area contributed by atoms with Gasteiger partial charge in [-0.1, -0.05) is 0 Å². The predicted octanol–water partition coefficient (Wildman–Crippen LogP) is 0.177. The number of rotatable bonds is 0. The van der Waals surface area contributed by atoms with Crippen LogP contribution in [0.1, 0.15) is 6.92 Å². The standard InChI is InChI=1S/C7H9NO2/c1-5-6(9)3-4-8(2)7(5)10/h3-5H,1-2H3/t5-/m0/s1. The number of hydrogen-bond donors (Lipinski definition) is 0. The van der Waals surface area contributed by atoms with Crippen LogP contribution in [-0.2, 0) is 9.59 Å². The van der Waals surface area contributed by atoms with Crippen molar-refractivity contribution in [3.8, 4) is 0 Å². The molecular weight excluding hydrogens is 130 g/mol. The Balaban J connectivity index is 2.89. The van der Waals surface area contributed by atoms with Crippen molar-refractivity contribution >= 4 is 11.7 Å². The molecule has 0 saturated heterocycles. The normalized spacial score (nSPS) is 25.8. The number of carbonyl (C=O) groups excluding carboxylic acids is 2. The molecule has 3 heteroatoms. The van der Waals surface area contributed by atoms with Gasteiger partial charge in [-0.25, -0.2) is 0 Å². The molecule has 0 aromatic heterocycles. The van der Waals surface area contributed by atoms with Gasteiger partial charge in [-0.15, -0.1) is 0 Å². The van der Waals surface area contributed by atoms with E-state index < -0.39 is 5.92 Å². The lowest BCUT2D eigenvalue weighted by Crippen LogP contribution is -2.35. The number of amides is 1. The first-order valence-corrected chi connectivity index (χ1v) is 3.11. The molecule has 0 N–H and O–H groups in total. The second-order valence-corrected chi connectivity index (χ2v) is 2.39. The molecule has 0 aliphatic carbocycles. The summed E-state index contributed by atoms with van der Waals surface area (Å²) in [4.78, 5) is 23.2. The van der Waals surface area contributed by atoms with Gasteiger partial charge in [0.2, 0.25) is 5.91 Å². The van der Waals surface area contributed by atoms with Crippen molar-refractivity contribution in [1.82, 2.24) is 4.90 Å². The van der Waals surface area contributed by atoms with E-state index in [4.69, 9.17) is 0 Å². The highest BCUT2D eigenvalue weighted by Gasteiger charge is 2.25. The fourth-order valence-corrected chi connectivity index (χ4v) is 0.830. The van der Waals surface area contributed by atoms with Gasteiger partial charge in [-0.2, -0.15) is 0 Å². The number of ketones is 1. The van der Waals surface area contributed by atoms with E-state index in [1.54, 1.807) is 14.0 Å². The van der Waals surface area contributed by atoms with E-state index in [-0.39, 0.29) is 11.7 Å². The van der Waals surface area contributed by atoms with Gasteiger partial charge >= 0.3 is 0 Å². The molecule has 1 rings (SSSR count). The van der Waals surface area contributed by atoms with Crippen LogP contribution < -0.4 is 0 Å². The maximum Gasteiger partial charge on any atom is 0.236 e. The van der Waals surface area contributed by atoms with Crippen molar-refractivity contribution in [1.29, 1.82) is 0 Å². The highest BCUT2D eigenvalue weighted by atomic mass is 16.2. The predicted molar refractivity (Wildman–Crippen MR) is 36.1 cm³/mol.